The van der Waals surface area contributed by atoms with Crippen LogP contribution in [0.5, 0.6) is 5.75 Å². The third kappa shape index (κ3) is 2.47. The number of aromatic nitrogens is 1. The minimum absolute atomic E-state index is 0.266. The highest BCUT2D eigenvalue weighted by Crippen LogP contribution is 2.29. The molecule has 0 amide bonds. The van der Waals surface area contributed by atoms with Crippen molar-refractivity contribution >= 4 is 10.9 Å². The fraction of sp³-hybridized carbons (Fsp3) is 0.500. The fourth-order valence-corrected chi connectivity index (χ4v) is 2.69. The van der Waals surface area contributed by atoms with Crippen LogP contribution >= 0.6 is 0 Å². The first kappa shape index (κ1) is 12.5. The molecule has 1 aromatic carbocycles. The molecule has 0 bridgehead atoms. The summed E-state index contributed by atoms with van der Waals surface area (Å²) < 4.78 is 13.8. The molecule has 1 aromatic heterocycles. The number of ether oxygens (including phenoxy) is 2. The quantitative estimate of drug-likeness (QED) is 0.834. The average molecular weight is 259 g/mol. The van der Waals surface area contributed by atoms with Crippen LogP contribution in [0.25, 0.3) is 10.9 Å². The van der Waals surface area contributed by atoms with Gasteiger partial charge in [-0.3, -0.25) is 0 Å². The first-order valence-corrected chi connectivity index (χ1v) is 7.09. The van der Waals surface area contributed by atoms with E-state index in [1.54, 1.807) is 0 Å². The molecular weight excluding hydrogens is 238 g/mol. The molecule has 1 saturated heterocycles. The summed E-state index contributed by atoms with van der Waals surface area (Å²) in [6.45, 7) is 5.92. The molecule has 3 rings (SSSR count). The highest BCUT2D eigenvalue weighted by Gasteiger charge is 2.17. The Morgan fingerprint density at radius 1 is 1.37 bits per heavy atom. The number of nitrogens with zero attached hydrogens (tertiary/aromatic N) is 1. The van der Waals surface area contributed by atoms with E-state index in [4.69, 9.17) is 9.47 Å². The molecule has 3 nitrogen and oxygen atoms in total. The zero-order valence-corrected chi connectivity index (χ0v) is 11.6. The minimum atomic E-state index is 0.266. The number of hydrogen-bond donors (Lipinski definition) is 0. The van der Waals surface area contributed by atoms with Gasteiger partial charge in [-0.25, -0.2) is 0 Å². The van der Waals surface area contributed by atoms with Gasteiger partial charge in [-0.1, -0.05) is 6.07 Å². The first-order valence-electron chi connectivity index (χ1n) is 7.09. The van der Waals surface area contributed by atoms with Crippen molar-refractivity contribution in [3.8, 4) is 5.75 Å². The molecule has 1 unspecified atom stereocenters. The van der Waals surface area contributed by atoms with Crippen LogP contribution in [0.1, 0.15) is 32.7 Å². The molecule has 0 N–H and O–H groups in total. The number of benzene rings is 1. The summed E-state index contributed by atoms with van der Waals surface area (Å²) in [5, 5.41) is 1.19. The molecule has 102 valence electrons. The highest BCUT2D eigenvalue weighted by atomic mass is 16.5. The van der Waals surface area contributed by atoms with Crippen LogP contribution in [0.2, 0.25) is 0 Å². The zero-order chi connectivity index (χ0) is 13.2. The predicted octanol–water partition coefficient (Wildman–Crippen LogP) is 3.78. The summed E-state index contributed by atoms with van der Waals surface area (Å²) in [5.41, 5.74) is 1.24. The van der Waals surface area contributed by atoms with Crippen molar-refractivity contribution in [2.24, 2.45) is 0 Å². The van der Waals surface area contributed by atoms with Crippen molar-refractivity contribution in [3.05, 3.63) is 30.5 Å². The molecule has 3 heteroatoms. The molecule has 2 aromatic rings. The molecule has 0 spiro atoms. The van der Waals surface area contributed by atoms with E-state index in [2.05, 4.69) is 42.8 Å². The van der Waals surface area contributed by atoms with E-state index >= 15 is 0 Å². The second-order valence-electron chi connectivity index (χ2n) is 5.45. The van der Waals surface area contributed by atoms with Crippen LogP contribution in [0.3, 0.4) is 0 Å². The summed E-state index contributed by atoms with van der Waals surface area (Å²) >= 11 is 0. The molecule has 1 fully saturated rings. The lowest BCUT2D eigenvalue weighted by molar-refractivity contribution is 0.0685. The summed E-state index contributed by atoms with van der Waals surface area (Å²) in [6.07, 6.45) is 4.67. The Hall–Kier alpha value is -1.48. The molecule has 0 saturated carbocycles. The lowest BCUT2D eigenvalue weighted by atomic mass is 10.2. The first-order chi connectivity index (χ1) is 9.25. The molecule has 2 heterocycles. The zero-order valence-electron chi connectivity index (χ0n) is 11.6. The Balaban J connectivity index is 1.82. The van der Waals surface area contributed by atoms with E-state index in [1.807, 2.05) is 6.07 Å². The van der Waals surface area contributed by atoms with Crippen molar-refractivity contribution in [3.63, 3.8) is 0 Å². The predicted molar refractivity (Wildman–Crippen MR) is 76.8 cm³/mol. The van der Waals surface area contributed by atoms with Gasteiger partial charge < -0.3 is 14.0 Å². The van der Waals surface area contributed by atoms with Crippen molar-refractivity contribution in [1.82, 2.24) is 4.57 Å². The third-order valence-corrected chi connectivity index (χ3v) is 3.73. The number of hydrogen-bond acceptors (Lipinski definition) is 2. The van der Waals surface area contributed by atoms with Crippen LogP contribution in [0.4, 0.5) is 0 Å². The Kier molecular flexibility index (Phi) is 3.47. The van der Waals surface area contributed by atoms with E-state index in [-0.39, 0.29) is 6.10 Å². The lowest BCUT2D eigenvalue weighted by Crippen LogP contribution is -2.16. The van der Waals surface area contributed by atoms with Crippen molar-refractivity contribution < 1.29 is 9.47 Å². The normalized spacial score (nSPS) is 19.4. The Bertz CT molecular complexity index is 553. The Morgan fingerprint density at radius 3 is 3.00 bits per heavy atom. The molecular formula is C16H21NO2. The van der Waals surface area contributed by atoms with Crippen molar-refractivity contribution in [1.29, 1.82) is 0 Å². The van der Waals surface area contributed by atoms with Gasteiger partial charge in [-0.2, -0.15) is 0 Å². The summed E-state index contributed by atoms with van der Waals surface area (Å²) in [6, 6.07) is 8.86. The molecule has 0 radical (unpaired) electrons. The van der Waals surface area contributed by atoms with Crippen LogP contribution < -0.4 is 4.74 Å². The smallest absolute Gasteiger partial charge is 0.128 e. The maximum Gasteiger partial charge on any atom is 0.128 e. The van der Waals surface area contributed by atoms with Gasteiger partial charge in [-0.05, 0) is 44.9 Å². The number of fused-ring (bicyclic) bond motifs is 1. The van der Waals surface area contributed by atoms with Gasteiger partial charge in [0.05, 0.1) is 11.6 Å². The van der Waals surface area contributed by atoms with Gasteiger partial charge >= 0.3 is 0 Å². The second-order valence-corrected chi connectivity index (χ2v) is 5.45. The van der Waals surface area contributed by atoms with Crippen LogP contribution in [0.15, 0.2) is 30.5 Å². The maximum absolute atomic E-state index is 5.96. The van der Waals surface area contributed by atoms with Crippen LogP contribution in [0, 0.1) is 0 Å². The molecule has 1 aliphatic rings. The van der Waals surface area contributed by atoms with E-state index < -0.39 is 0 Å². The van der Waals surface area contributed by atoms with Gasteiger partial charge in [-0.15, -0.1) is 0 Å². The summed E-state index contributed by atoms with van der Waals surface area (Å²) in [7, 11) is 0. The van der Waals surface area contributed by atoms with Crippen LogP contribution in [-0.4, -0.2) is 23.9 Å². The minimum Gasteiger partial charge on any atom is -0.490 e. The Morgan fingerprint density at radius 2 is 2.26 bits per heavy atom. The summed E-state index contributed by atoms with van der Waals surface area (Å²) in [4.78, 5) is 0. The van der Waals surface area contributed by atoms with Gasteiger partial charge in [0.2, 0.25) is 0 Å². The maximum atomic E-state index is 5.96. The Labute approximate surface area is 114 Å². The van der Waals surface area contributed by atoms with E-state index in [1.165, 1.54) is 10.9 Å². The molecule has 19 heavy (non-hydrogen) atoms. The number of rotatable bonds is 4. The highest BCUT2D eigenvalue weighted by molar-refractivity contribution is 5.86. The third-order valence-electron chi connectivity index (χ3n) is 3.73. The standard InChI is InChI=1S/C16H21NO2/c1-12(2)17-9-8-14-15(17)6-3-7-16(14)19-11-13-5-4-10-18-13/h3,6-9,12-13H,4-5,10-11H2,1-2H3. The van der Waals surface area contributed by atoms with Crippen molar-refractivity contribution in [2.75, 3.05) is 13.2 Å². The molecule has 1 atom stereocenters. The largest absolute Gasteiger partial charge is 0.490 e. The van der Waals surface area contributed by atoms with E-state index in [0.717, 1.165) is 25.2 Å². The van der Waals surface area contributed by atoms with E-state index in [0.29, 0.717) is 12.6 Å². The molecule has 0 aliphatic carbocycles. The topological polar surface area (TPSA) is 23.4 Å². The van der Waals surface area contributed by atoms with Gasteiger partial charge in [0.25, 0.3) is 0 Å². The monoisotopic (exact) mass is 259 g/mol. The summed E-state index contributed by atoms with van der Waals surface area (Å²) in [5.74, 6) is 0.965. The van der Waals surface area contributed by atoms with Gasteiger partial charge in [0.1, 0.15) is 12.4 Å². The van der Waals surface area contributed by atoms with Crippen molar-refractivity contribution in [2.45, 2.75) is 38.8 Å². The fourth-order valence-electron chi connectivity index (χ4n) is 2.69. The van der Waals surface area contributed by atoms with Gasteiger partial charge in [0, 0.05) is 24.2 Å². The second kappa shape index (κ2) is 5.25. The lowest BCUT2D eigenvalue weighted by Gasteiger charge is -2.13. The average Bonchev–Trinajstić information content (AvgIpc) is 3.05. The SMILES string of the molecule is CC(C)n1ccc2c(OCC3CCCO3)cccc21. The van der Waals surface area contributed by atoms with Crippen LogP contribution in [-0.2, 0) is 4.74 Å². The van der Waals surface area contributed by atoms with E-state index in [9.17, 15) is 0 Å². The van der Waals surface area contributed by atoms with Gasteiger partial charge in [0.15, 0.2) is 0 Å². The molecule has 1 aliphatic heterocycles.